The van der Waals surface area contributed by atoms with Gasteiger partial charge in [0.25, 0.3) is 5.91 Å². The number of aryl methyl sites for hydroxylation is 2. The first-order valence-electron chi connectivity index (χ1n) is 9.76. The van der Waals surface area contributed by atoms with Crippen LogP contribution in [-0.4, -0.2) is 34.0 Å². The van der Waals surface area contributed by atoms with E-state index in [-0.39, 0.29) is 24.4 Å². The van der Waals surface area contributed by atoms with Crippen molar-refractivity contribution in [2.24, 2.45) is 0 Å². The van der Waals surface area contributed by atoms with Crippen LogP contribution in [0.25, 0.3) is 0 Å². The molecule has 4 rings (SSSR count). The van der Waals surface area contributed by atoms with E-state index in [2.05, 4.69) is 39.1 Å². The molecule has 146 valence electrons. The highest BCUT2D eigenvalue weighted by atomic mass is 35.5. The van der Waals surface area contributed by atoms with Gasteiger partial charge in [0, 0.05) is 0 Å². The molecule has 2 heterocycles. The first-order valence-corrected chi connectivity index (χ1v) is 9.76. The molecule has 1 atom stereocenters. The van der Waals surface area contributed by atoms with Crippen LogP contribution in [0.1, 0.15) is 71.9 Å². The minimum atomic E-state index is -0.157. The van der Waals surface area contributed by atoms with Crippen LogP contribution in [-0.2, 0) is 12.8 Å². The van der Waals surface area contributed by atoms with Gasteiger partial charge in [0.05, 0.1) is 18.3 Å². The van der Waals surface area contributed by atoms with E-state index in [4.69, 9.17) is 0 Å². The fourth-order valence-corrected chi connectivity index (χ4v) is 4.01. The molecule has 7 heteroatoms. The van der Waals surface area contributed by atoms with Crippen LogP contribution in [0, 0.1) is 0 Å². The van der Waals surface area contributed by atoms with Crippen molar-refractivity contribution in [3.63, 3.8) is 0 Å². The van der Waals surface area contributed by atoms with Crippen LogP contribution in [0.3, 0.4) is 0 Å². The van der Waals surface area contributed by atoms with E-state index in [1.54, 1.807) is 6.20 Å². The largest absolute Gasteiger partial charge is 0.344 e. The van der Waals surface area contributed by atoms with Crippen molar-refractivity contribution in [3.05, 3.63) is 46.8 Å². The van der Waals surface area contributed by atoms with E-state index >= 15 is 0 Å². The summed E-state index contributed by atoms with van der Waals surface area (Å²) in [7, 11) is 0. The lowest BCUT2D eigenvalue weighted by atomic mass is 9.89. The molecule has 1 unspecified atom stereocenters. The fraction of sp³-hybridized carbons (Fsp3) is 0.550. The standard InChI is InChI=1S/C20H27N5O.ClH/c1-14(16-7-6-15-4-2-3-5-17(15)12-16)22-20(26)19-13-25(24-23-19)18-8-10-21-11-9-18;/h6-7,12-14,18,21H,2-5,8-11H2,1H3,(H,22,26);1H. The van der Waals surface area contributed by atoms with Crippen molar-refractivity contribution < 1.29 is 4.79 Å². The number of halogens is 1. The van der Waals surface area contributed by atoms with Gasteiger partial charge in [-0.1, -0.05) is 23.4 Å². The van der Waals surface area contributed by atoms with Gasteiger partial charge in [-0.25, -0.2) is 4.68 Å². The number of piperidine rings is 1. The number of aromatic nitrogens is 3. The molecule has 0 radical (unpaired) electrons. The van der Waals surface area contributed by atoms with Gasteiger partial charge in [-0.05, 0) is 75.2 Å². The Kier molecular flexibility index (Phi) is 6.50. The van der Waals surface area contributed by atoms with Crippen molar-refractivity contribution >= 4 is 18.3 Å². The van der Waals surface area contributed by atoms with Gasteiger partial charge in [0.1, 0.15) is 0 Å². The van der Waals surface area contributed by atoms with Crippen LogP contribution >= 0.6 is 12.4 Å². The van der Waals surface area contributed by atoms with Crippen molar-refractivity contribution in [1.82, 2.24) is 25.6 Å². The summed E-state index contributed by atoms with van der Waals surface area (Å²) in [6, 6.07) is 6.91. The summed E-state index contributed by atoms with van der Waals surface area (Å²) in [6.07, 6.45) is 8.70. The Bertz CT molecular complexity index is 784. The number of rotatable bonds is 4. The number of benzene rings is 1. The van der Waals surface area contributed by atoms with Crippen LogP contribution in [0.4, 0.5) is 0 Å². The number of fused-ring (bicyclic) bond motifs is 1. The fourth-order valence-electron chi connectivity index (χ4n) is 4.01. The second kappa shape index (κ2) is 8.85. The lowest BCUT2D eigenvalue weighted by Crippen LogP contribution is -2.29. The topological polar surface area (TPSA) is 71.8 Å². The van der Waals surface area contributed by atoms with E-state index in [1.165, 1.54) is 30.4 Å². The Morgan fingerprint density at radius 3 is 2.74 bits per heavy atom. The third-order valence-corrected chi connectivity index (χ3v) is 5.65. The molecule has 27 heavy (non-hydrogen) atoms. The monoisotopic (exact) mass is 389 g/mol. The second-order valence-corrected chi connectivity index (χ2v) is 7.50. The van der Waals surface area contributed by atoms with E-state index in [1.807, 2.05) is 11.6 Å². The third-order valence-electron chi connectivity index (χ3n) is 5.65. The first-order chi connectivity index (χ1) is 12.7. The molecule has 1 aromatic carbocycles. The molecule has 1 aliphatic heterocycles. The smallest absolute Gasteiger partial charge is 0.273 e. The number of carbonyl (C=O) groups excluding carboxylic acids is 1. The molecule has 0 bridgehead atoms. The Morgan fingerprint density at radius 2 is 1.96 bits per heavy atom. The Hall–Kier alpha value is -1.92. The van der Waals surface area contributed by atoms with Crippen LogP contribution in [0.15, 0.2) is 24.4 Å². The van der Waals surface area contributed by atoms with Crippen LogP contribution in [0.2, 0.25) is 0 Å². The zero-order valence-electron chi connectivity index (χ0n) is 15.8. The summed E-state index contributed by atoms with van der Waals surface area (Å²) >= 11 is 0. The van der Waals surface area contributed by atoms with Crippen molar-refractivity contribution in [3.8, 4) is 0 Å². The van der Waals surface area contributed by atoms with E-state index in [0.717, 1.165) is 37.9 Å². The van der Waals surface area contributed by atoms with E-state index in [0.29, 0.717) is 11.7 Å². The lowest BCUT2D eigenvalue weighted by molar-refractivity contribution is 0.0934. The molecule has 6 nitrogen and oxygen atoms in total. The van der Waals surface area contributed by atoms with Gasteiger partial charge >= 0.3 is 0 Å². The quantitative estimate of drug-likeness (QED) is 0.843. The number of hydrogen-bond acceptors (Lipinski definition) is 4. The molecule has 1 amide bonds. The Labute approximate surface area is 166 Å². The second-order valence-electron chi connectivity index (χ2n) is 7.50. The maximum atomic E-state index is 12.6. The van der Waals surface area contributed by atoms with Gasteiger partial charge < -0.3 is 10.6 Å². The zero-order chi connectivity index (χ0) is 17.9. The maximum absolute atomic E-state index is 12.6. The minimum Gasteiger partial charge on any atom is -0.344 e. The molecule has 1 aromatic heterocycles. The number of nitrogens with one attached hydrogen (secondary N) is 2. The normalized spacial score (nSPS) is 18.3. The summed E-state index contributed by atoms with van der Waals surface area (Å²) in [5, 5.41) is 14.7. The summed E-state index contributed by atoms with van der Waals surface area (Å²) in [6.45, 7) is 4.00. The predicted octanol–water partition coefficient (Wildman–Crippen LogP) is 2.99. The van der Waals surface area contributed by atoms with E-state index in [9.17, 15) is 4.79 Å². The molecular formula is C20H28ClN5O. The average Bonchev–Trinajstić information content (AvgIpc) is 3.18. The lowest BCUT2D eigenvalue weighted by Gasteiger charge is -2.22. The highest BCUT2D eigenvalue weighted by Gasteiger charge is 2.20. The number of amides is 1. The van der Waals surface area contributed by atoms with Gasteiger partial charge in [-0.3, -0.25) is 4.79 Å². The van der Waals surface area contributed by atoms with Crippen LogP contribution in [0.5, 0.6) is 0 Å². The molecular weight excluding hydrogens is 362 g/mol. The van der Waals surface area contributed by atoms with Gasteiger partial charge in [0.15, 0.2) is 5.69 Å². The van der Waals surface area contributed by atoms with Crippen LogP contribution < -0.4 is 10.6 Å². The van der Waals surface area contributed by atoms with Gasteiger partial charge in [-0.2, -0.15) is 0 Å². The summed E-state index contributed by atoms with van der Waals surface area (Å²) < 4.78 is 1.85. The highest BCUT2D eigenvalue weighted by molar-refractivity contribution is 5.92. The highest BCUT2D eigenvalue weighted by Crippen LogP contribution is 2.25. The number of carbonyl (C=O) groups is 1. The minimum absolute atomic E-state index is 0. The first kappa shape index (κ1) is 19.8. The number of nitrogens with zero attached hydrogens (tertiary/aromatic N) is 3. The van der Waals surface area contributed by atoms with Gasteiger partial charge in [-0.15, -0.1) is 17.5 Å². The molecule has 2 N–H and O–H groups in total. The molecule has 2 aromatic rings. The predicted molar refractivity (Wildman–Crippen MR) is 107 cm³/mol. The van der Waals surface area contributed by atoms with Crippen molar-refractivity contribution in [2.75, 3.05) is 13.1 Å². The zero-order valence-corrected chi connectivity index (χ0v) is 16.6. The number of hydrogen-bond donors (Lipinski definition) is 2. The maximum Gasteiger partial charge on any atom is 0.273 e. The Morgan fingerprint density at radius 1 is 1.22 bits per heavy atom. The van der Waals surface area contributed by atoms with Crippen molar-refractivity contribution in [2.45, 2.75) is 57.5 Å². The van der Waals surface area contributed by atoms with Gasteiger partial charge in [0.2, 0.25) is 0 Å². The molecule has 1 fully saturated rings. The molecule has 1 saturated heterocycles. The molecule has 0 saturated carbocycles. The van der Waals surface area contributed by atoms with Crippen molar-refractivity contribution in [1.29, 1.82) is 0 Å². The average molecular weight is 390 g/mol. The van der Waals surface area contributed by atoms with E-state index < -0.39 is 0 Å². The molecule has 0 spiro atoms. The summed E-state index contributed by atoms with van der Waals surface area (Å²) in [4.78, 5) is 12.6. The summed E-state index contributed by atoms with van der Waals surface area (Å²) in [5.41, 5.74) is 4.45. The molecule has 2 aliphatic rings. The summed E-state index contributed by atoms with van der Waals surface area (Å²) in [5.74, 6) is -0.157. The molecule has 1 aliphatic carbocycles. The SMILES string of the molecule is CC(NC(=O)c1cn(C2CCNCC2)nn1)c1ccc2c(c1)CCCC2.Cl. The Balaban J connectivity index is 0.00000210. The third kappa shape index (κ3) is 4.50.